The van der Waals surface area contributed by atoms with Crippen molar-refractivity contribution in [3.63, 3.8) is 0 Å². The lowest BCUT2D eigenvalue weighted by atomic mass is 10.0. The summed E-state index contributed by atoms with van der Waals surface area (Å²) >= 11 is 0. The average molecular weight is 781 g/mol. The molecule has 0 aromatic heterocycles. The quantitative estimate of drug-likeness (QED) is 0.404. The third-order valence-corrected chi connectivity index (χ3v) is 9.73. The largest absolute Gasteiger partial charge is 0.478 e. The van der Waals surface area contributed by atoms with E-state index >= 15 is 13.2 Å². The van der Waals surface area contributed by atoms with Crippen LogP contribution in [0.4, 0.5) is 52.7 Å². The summed E-state index contributed by atoms with van der Waals surface area (Å²) in [5.74, 6) is 0. The molecule has 3 unspecified atom stereocenters. The number of benzene rings is 1. The Morgan fingerprint density at radius 3 is 0.608 bits per heavy atom. The highest BCUT2D eigenvalue weighted by Crippen LogP contribution is 2.38. The highest BCUT2D eigenvalue weighted by atomic mass is 32.2. The van der Waals surface area contributed by atoms with E-state index in [1.165, 1.54) is 0 Å². The molecule has 0 aliphatic heterocycles. The second-order valence-corrected chi connectivity index (χ2v) is 13.3. The molecule has 3 aliphatic carbocycles. The molecule has 0 saturated heterocycles. The fourth-order valence-electron chi connectivity index (χ4n) is 5.22. The van der Waals surface area contributed by atoms with Crippen molar-refractivity contribution in [2.24, 2.45) is 0 Å². The zero-order chi connectivity index (χ0) is 38.9. The highest BCUT2D eigenvalue weighted by molar-refractivity contribution is 7.90. The molecule has 0 radical (unpaired) electrons. The maximum atomic E-state index is 15.5. The van der Waals surface area contributed by atoms with E-state index in [9.17, 15) is 83.7 Å². The molecule has 0 spiro atoms. The van der Waals surface area contributed by atoms with Crippen LogP contribution in [0.25, 0.3) is 33.4 Å². The van der Waals surface area contributed by atoms with Gasteiger partial charge < -0.3 is 0 Å². The minimum absolute atomic E-state index is 1.07. The fraction of sp³-hybridized carbons (Fsp3) is 0.111. The molecule has 9 nitrogen and oxygen atoms in total. The number of halogens is 12. The van der Waals surface area contributed by atoms with E-state index in [1.807, 2.05) is 0 Å². The summed E-state index contributed by atoms with van der Waals surface area (Å²) in [6.45, 7) is 0. The predicted molar refractivity (Wildman–Crippen MR) is 145 cm³/mol. The van der Waals surface area contributed by atoms with Gasteiger partial charge in [-0.3, -0.25) is 0 Å². The molecule has 0 saturated carbocycles. The van der Waals surface area contributed by atoms with Crippen molar-refractivity contribution in [1.29, 1.82) is 31.6 Å². The number of hydrogen-bond acceptors (Lipinski definition) is 9. The molecule has 258 valence electrons. The van der Waals surface area contributed by atoms with E-state index in [1.54, 1.807) is 0 Å². The lowest BCUT2D eigenvalue weighted by molar-refractivity contribution is -0.0389. The number of rotatable bonds is 3. The summed E-state index contributed by atoms with van der Waals surface area (Å²) in [6, 6.07) is 6.45. The lowest BCUT2D eigenvalue weighted by Crippen LogP contribution is -2.65. The van der Waals surface area contributed by atoms with E-state index in [0.717, 1.165) is 36.4 Å². The van der Waals surface area contributed by atoms with Crippen molar-refractivity contribution in [2.75, 3.05) is 0 Å². The molecular formula is C27F12N6O3S3. The Morgan fingerprint density at radius 2 is 0.510 bits per heavy atom. The Kier molecular flexibility index (Phi) is 9.33. The van der Waals surface area contributed by atoms with E-state index in [2.05, 4.69) is 0 Å². The Hall–Kier alpha value is -5.79. The molecule has 0 amide bonds. The predicted octanol–water partition coefficient (Wildman–Crippen LogP) is 1.12. The summed E-state index contributed by atoms with van der Waals surface area (Å²) in [7, 11) is -14.3. The first-order chi connectivity index (χ1) is 23.5. The van der Waals surface area contributed by atoms with Crippen molar-refractivity contribution in [2.45, 2.75) is 16.5 Å². The van der Waals surface area contributed by atoms with Gasteiger partial charge in [0.15, 0.2) is 32.4 Å². The van der Waals surface area contributed by atoms with Gasteiger partial charge in [0.1, 0.15) is 36.4 Å². The van der Waals surface area contributed by atoms with Gasteiger partial charge in [0.05, 0.1) is 50.2 Å². The lowest BCUT2D eigenvalue weighted by Gasteiger charge is -2.07. The number of allylic oxidation sites excluding steroid dienone is 3. The van der Waals surface area contributed by atoms with Crippen molar-refractivity contribution < 1.29 is 65.3 Å². The average Bonchev–Trinajstić information content (AvgIpc) is 3.68. The molecule has 0 bridgehead atoms. The Morgan fingerprint density at radius 1 is 0.373 bits per heavy atom. The third-order valence-electron chi connectivity index (χ3n) is 6.88. The highest BCUT2D eigenvalue weighted by Gasteiger charge is 2.47. The number of nitrogens with zero attached hydrogens (tertiary/aromatic N) is 6. The van der Waals surface area contributed by atoms with Gasteiger partial charge in [0.2, 0.25) is 15.5 Å². The normalized spacial score (nSPS) is 16.9. The van der Waals surface area contributed by atoms with E-state index in [4.69, 9.17) is 0 Å². The van der Waals surface area contributed by atoms with E-state index < -0.39 is 146 Å². The van der Waals surface area contributed by atoms with Crippen LogP contribution >= 0.6 is 0 Å². The molecular weight excluding hydrogens is 781 g/mol. The standard InChI is InChI=1S/C27F12N6O3S3/c28-22(49(46)25(31,32)33)13-7(1-40)16-17(8(13)2-41)19-11(5-44)15(24(30)51(48)27(37,38)39)12(6-45)21(19)20-10(4-43)14(9(3-42)18(16)20)23(29)50(47)26(34,35)36. The van der Waals surface area contributed by atoms with E-state index in [0.29, 0.717) is 0 Å². The Bertz CT molecular complexity index is 2330. The van der Waals surface area contributed by atoms with Gasteiger partial charge in [-0.05, 0) is 0 Å². The summed E-state index contributed by atoms with van der Waals surface area (Å²) in [4.78, 5) is 0. The summed E-state index contributed by atoms with van der Waals surface area (Å²) < 4.78 is 203. The van der Waals surface area contributed by atoms with Crippen molar-refractivity contribution in [3.05, 3.63) is 63.5 Å². The smallest absolute Gasteiger partial charge is 0.243 e. The van der Waals surface area contributed by atoms with Gasteiger partial charge in [-0.2, -0.15) is 84.3 Å². The first-order valence-corrected chi connectivity index (χ1v) is 15.5. The monoisotopic (exact) mass is 780 g/mol. The van der Waals surface area contributed by atoms with Gasteiger partial charge in [-0.15, -0.1) is 0 Å². The molecule has 3 aliphatic rings. The van der Waals surface area contributed by atoms with Crippen LogP contribution in [0.5, 0.6) is 0 Å². The molecule has 4 rings (SSSR count). The van der Waals surface area contributed by atoms with Gasteiger partial charge in [-0.25, -0.2) is 12.6 Å². The molecule has 1 aromatic rings. The van der Waals surface area contributed by atoms with Gasteiger partial charge in [-0.1, -0.05) is 0 Å². The van der Waals surface area contributed by atoms with Crippen molar-refractivity contribution in [1.82, 2.24) is 0 Å². The Balaban J connectivity index is 2.76. The number of hydrogen-bond donors (Lipinski definition) is 0. The minimum atomic E-state index is -5.99. The van der Waals surface area contributed by atoms with Crippen LogP contribution in [0.1, 0.15) is 0 Å². The number of fused-ring (bicyclic) bond motifs is 6. The zero-order valence-electron chi connectivity index (χ0n) is 23.2. The fourth-order valence-corrected chi connectivity index (χ4v) is 7.00. The molecule has 24 heteroatoms. The molecule has 0 fully saturated rings. The van der Waals surface area contributed by atoms with Gasteiger partial charge in [0, 0.05) is 31.3 Å². The molecule has 1 aromatic carbocycles. The van der Waals surface area contributed by atoms with Crippen molar-refractivity contribution in [3.8, 4) is 36.4 Å². The minimum Gasteiger partial charge on any atom is -0.243 e. The number of nitriles is 6. The van der Waals surface area contributed by atoms with Gasteiger partial charge in [0.25, 0.3) is 0 Å². The second-order valence-electron chi connectivity index (χ2n) is 9.26. The van der Waals surface area contributed by atoms with E-state index in [-0.39, 0.29) is 0 Å². The second kappa shape index (κ2) is 12.5. The van der Waals surface area contributed by atoms with Gasteiger partial charge >= 0.3 is 16.5 Å². The van der Waals surface area contributed by atoms with Crippen LogP contribution in [0.15, 0.2) is 32.2 Å². The maximum Gasteiger partial charge on any atom is 0.478 e. The maximum absolute atomic E-state index is 15.5. The number of alkyl halides is 9. The first kappa shape index (κ1) is 38.0. The topological polar surface area (TPSA) is 194 Å². The summed E-state index contributed by atoms with van der Waals surface area (Å²) in [5.41, 5.74) is -33.0. The SMILES string of the molecule is N#CC1=c2c3c(c4c(c2=C(C#N)C1=C(F)S(=O)C(F)(F)F)=C(C#N)C(=C(F)S(=O)C(F)(F)F)C=4C#N)=C(C#N)C(=C(F)S(=O)C(F)(F)F)C=3C#N. The molecule has 0 N–H and O–H groups in total. The van der Waals surface area contributed by atoms with Crippen LogP contribution in [0, 0.1) is 68.0 Å². The van der Waals surface area contributed by atoms with Crippen LogP contribution in [-0.2, 0) is 32.4 Å². The molecule has 3 atom stereocenters. The zero-order valence-corrected chi connectivity index (χ0v) is 25.6. The van der Waals surface area contributed by atoms with Crippen LogP contribution in [0.3, 0.4) is 0 Å². The van der Waals surface area contributed by atoms with Crippen LogP contribution in [0.2, 0.25) is 0 Å². The van der Waals surface area contributed by atoms with Crippen molar-refractivity contribution >= 4 is 65.8 Å². The van der Waals surface area contributed by atoms with Crippen LogP contribution < -0.4 is 31.3 Å². The van der Waals surface area contributed by atoms with Crippen LogP contribution in [-0.4, -0.2) is 29.2 Å². The molecule has 0 heterocycles. The Labute approximate surface area is 278 Å². The third kappa shape index (κ3) is 5.45. The molecule has 51 heavy (non-hydrogen) atoms. The first-order valence-electron chi connectivity index (χ1n) is 12.1. The summed E-state index contributed by atoms with van der Waals surface area (Å²) in [6.07, 6.45) is 0. The summed E-state index contributed by atoms with van der Waals surface area (Å²) in [5, 5.41) is 43.4.